The molecule has 2 bridgehead atoms. The Balaban J connectivity index is 0.000000172. The summed E-state index contributed by atoms with van der Waals surface area (Å²) < 4.78 is 42.8. The van der Waals surface area contributed by atoms with Gasteiger partial charge in [0.1, 0.15) is 6.10 Å². The van der Waals surface area contributed by atoms with Crippen molar-refractivity contribution in [1.82, 2.24) is 14.9 Å². The van der Waals surface area contributed by atoms with Crippen LogP contribution in [0.4, 0.5) is 10.7 Å². The third-order valence-electron chi connectivity index (χ3n) is 8.77. The first-order valence-corrected chi connectivity index (χ1v) is 17.5. The fourth-order valence-electron chi connectivity index (χ4n) is 6.38. The smallest absolute Gasteiger partial charge is 0.413 e. The van der Waals surface area contributed by atoms with Crippen LogP contribution in [-0.4, -0.2) is 76.6 Å². The zero-order chi connectivity index (χ0) is 35.7. The van der Waals surface area contributed by atoms with Crippen LogP contribution in [0.1, 0.15) is 58.8 Å². The van der Waals surface area contributed by atoms with Crippen LogP contribution >= 0.6 is 0 Å². The Morgan fingerprint density at radius 3 is 1.88 bits per heavy atom. The molecule has 2 saturated heterocycles. The number of aromatic nitrogens is 2. The van der Waals surface area contributed by atoms with Gasteiger partial charge in [0.15, 0.2) is 5.78 Å². The van der Waals surface area contributed by atoms with E-state index in [1.165, 1.54) is 43.9 Å². The van der Waals surface area contributed by atoms with Crippen molar-refractivity contribution in [1.29, 1.82) is 0 Å². The molecule has 12 nitrogen and oxygen atoms in total. The molecule has 2 aliphatic heterocycles. The summed E-state index contributed by atoms with van der Waals surface area (Å²) in [6.45, 7) is 0. The molecule has 0 saturated carbocycles. The van der Waals surface area contributed by atoms with Gasteiger partial charge in [-0.1, -0.05) is 91.0 Å². The molecular formula is C37H40N4O8S. The fraction of sp³-hybridized carbons (Fsp3) is 0.270. The zero-order valence-electron chi connectivity index (χ0n) is 27.7. The van der Waals surface area contributed by atoms with E-state index in [1.807, 2.05) is 18.2 Å². The number of anilines is 1. The van der Waals surface area contributed by atoms with E-state index in [4.69, 9.17) is 22.3 Å². The monoisotopic (exact) mass is 700 g/mol. The number of benzene rings is 4. The number of amides is 1. The van der Waals surface area contributed by atoms with E-state index in [1.54, 1.807) is 30.3 Å². The Labute approximate surface area is 291 Å². The largest absolute Gasteiger partial charge is 0.453 e. The average molecular weight is 701 g/mol. The number of carbonyl (C=O) groups excluding carboxylic acids is 2. The predicted octanol–water partition coefficient (Wildman–Crippen LogP) is 6.74. The van der Waals surface area contributed by atoms with Crippen molar-refractivity contribution in [3.63, 3.8) is 0 Å². The highest BCUT2D eigenvalue weighted by molar-refractivity contribution is 7.79. The number of ether oxygens (including phenoxy) is 2. The van der Waals surface area contributed by atoms with Gasteiger partial charge in [-0.05, 0) is 62.1 Å². The van der Waals surface area contributed by atoms with Crippen molar-refractivity contribution in [2.75, 3.05) is 19.5 Å². The number of nitrogens with one attached hydrogen (secondary N) is 2. The first-order valence-electron chi connectivity index (χ1n) is 16.1. The molecule has 2 aliphatic rings. The van der Waals surface area contributed by atoms with E-state index in [0.29, 0.717) is 40.3 Å². The van der Waals surface area contributed by atoms with Gasteiger partial charge >= 0.3 is 16.5 Å². The van der Waals surface area contributed by atoms with E-state index in [-0.39, 0.29) is 17.8 Å². The highest BCUT2D eigenvalue weighted by atomic mass is 32.3. The van der Waals surface area contributed by atoms with Crippen molar-refractivity contribution in [3.05, 3.63) is 131 Å². The topological polar surface area (TPSA) is 171 Å². The van der Waals surface area contributed by atoms with Crippen LogP contribution in [-0.2, 0) is 19.9 Å². The number of fused-ring (bicyclic) bond motifs is 3. The highest BCUT2D eigenvalue weighted by Gasteiger charge is 2.39. The lowest BCUT2D eigenvalue weighted by Gasteiger charge is -2.38. The first kappa shape index (κ1) is 36.4. The third kappa shape index (κ3) is 10.1. The summed E-state index contributed by atoms with van der Waals surface area (Å²) in [5, 5.41) is 2.45. The van der Waals surface area contributed by atoms with Gasteiger partial charge in [-0.3, -0.25) is 19.2 Å². The van der Waals surface area contributed by atoms with E-state index in [2.05, 4.69) is 92.6 Å². The maximum absolute atomic E-state index is 12.4. The number of rotatable bonds is 7. The lowest BCUT2D eigenvalue weighted by molar-refractivity contribution is -0.0426. The van der Waals surface area contributed by atoms with Crippen LogP contribution < -0.4 is 5.32 Å². The quantitative estimate of drug-likeness (QED) is 0.105. The molecule has 1 aromatic heterocycles. The number of hydrogen-bond donors (Lipinski definition) is 4. The predicted molar refractivity (Wildman–Crippen MR) is 190 cm³/mol. The number of hydrogen-bond acceptors (Lipinski definition) is 8. The lowest BCUT2D eigenvalue weighted by atomic mass is 9.97. The Kier molecular flexibility index (Phi) is 12.1. The second kappa shape index (κ2) is 16.7. The van der Waals surface area contributed by atoms with Gasteiger partial charge in [-0.25, -0.2) is 9.78 Å². The molecule has 262 valence electrons. The third-order valence-corrected chi connectivity index (χ3v) is 8.77. The maximum Gasteiger partial charge on any atom is 0.413 e. The van der Waals surface area contributed by atoms with Crippen LogP contribution in [0.25, 0.3) is 11.0 Å². The summed E-state index contributed by atoms with van der Waals surface area (Å²) in [4.78, 5) is 33.3. The van der Waals surface area contributed by atoms with E-state index >= 15 is 0 Å². The molecule has 2 unspecified atom stereocenters. The maximum atomic E-state index is 12.4. The summed E-state index contributed by atoms with van der Waals surface area (Å²) in [6, 6.07) is 36.9. The van der Waals surface area contributed by atoms with Crippen LogP contribution in [0.3, 0.4) is 0 Å². The Bertz CT molecular complexity index is 1910. The van der Waals surface area contributed by atoms with Gasteiger partial charge in [0.25, 0.3) is 0 Å². The van der Waals surface area contributed by atoms with Crippen LogP contribution in [0.2, 0.25) is 0 Å². The minimum Gasteiger partial charge on any atom is -0.453 e. The minimum absolute atomic E-state index is 0.0465. The van der Waals surface area contributed by atoms with Crippen LogP contribution in [0.5, 0.6) is 0 Å². The second-order valence-electron chi connectivity index (χ2n) is 12.1. The number of aromatic amines is 1. The summed E-state index contributed by atoms with van der Waals surface area (Å²) in [6.07, 6.45) is 4.82. The molecule has 4 aromatic carbocycles. The summed E-state index contributed by atoms with van der Waals surface area (Å²) in [5.74, 6) is 0.200. The average Bonchev–Trinajstić information content (AvgIpc) is 3.59. The molecule has 2 atom stereocenters. The standard InChI is InChI=1S/C21H25NO.C16H13N3O3.H2O4S/c1-22-18-12-13-19(22)15-20(14-18)23-21(16-8-4-2-5-9-16)17-10-6-3-7-11-17;1-22-16(21)19-15-17-12-8-7-11(9-13(12)18-15)14(20)10-5-3-2-4-6-10;1-5(2,3)4/h2-11,18-21H,12-15H2,1H3;2-9H,1H3,(H2,17,18,19,21);(H2,1,2,3,4). The Hall–Kier alpha value is -4.92. The highest BCUT2D eigenvalue weighted by Crippen LogP contribution is 2.38. The number of H-pyrrole nitrogens is 1. The molecule has 2 fully saturated rings. The van der Waals surface area contributed by atoms with Gasteiger partial charge in [0.05, 0.1) is 24.2 Å². The normalized spacial score (nSPS) is 18.4. The molecule has 50 heavy (non-hydrogen) atoms. The molecule has 0 aliphatic carbocycles. The molecule has 1 amide bonds. The molecule has 7 rings (SSSR count). The second-order valence-corrected chi connectivity index (χ2v) is 13.0. The van der Waals surface area contributed by atoms with Crippen molar-refractivity contribution in [2.45, 2.75) is 50.0 Å². The molecule has 4 N–H and O–H groups in total. The number of nitrogens with zero attached hydrogens (tertiary/aromatic N) is 2. The van der Waals surface area contributed by atoms with Crippen molar-refractivity contribution < 1.29 is 36.6 Å². The molecule has 13 heteroatoms. The van der Waals surface area contributed by atoms with Gasteiger partial charge in [-0.15, -0.1) is 0 Å². The lowest BCUT2D eigenvalue weighted by Crippen LogP contribution is -2.43. The number of carbonyl (C=O) groups is 2. The van der Waals surface area contributed by atoms with Crippen molar-refractivity contribution in [3.8, 4) is 0 Å². The fourth-order valence-corrected chi connectivity index (χ4v) is 6.38. The number of piperidine rings is 1. The number of imidazole rings is 1. The van der Waals surface area contributed by atoms with Gasteiger partial charge in [0, 0.05) is 23.2 Å². The van der Waals surface area contributed by atoms with E-state index < -0.39 is 16.5 Å². The minimum atomic E-state index is -4.67. The summed E-state index contributed by atoms with van der Waals surface area (Å²) in [7, 11) is -1.11. The number of ketones is 1. The van der Waals surface area contributed by atoms with Gasteiger partial charge < -0.3 is 19.4 Å². The van der Waals surface area contributed by atoms with E-state index in [9.17, 15) is 9.59 Å². The van der Waals surface area contributed by atoms with Crippen molar-refractivity contribution >= 4 is 39.3 Å². The summed E-state index contributed by atoms with van der Waals surface area (Å²) in [5.41, 5.74) is 4.99. The molecule has 3 heterocycles. The summed E-state index contributed by atoms with van der Waals surface area (Å²) >= 11 is 0. The van der Waals surface area contributed by atoms with E-state index in [0.717, 1.165) is 0 Å². The zero-order valence-corrected chi connectivity index (χ0v) is 28.5. The van der Waals surface area contributed by atoms with Gasteiger partial charge in [-0.2, -0.15) is 8.42 Å². The molecule has 0 spiro atoms. The van der Waals surface area contributed by atoms with Crippen molar-refractivity contribution in [2.24, 2.45) is 0 Å². The molecular weight excluding hydrogens is 660 g/mol. The molecule has 5 aromatic rings. The van der Waals surface area contributed by atoms with Crippen LogP contribution in [0, 0.1) is 0 Å². The van der Waals surface area contributed by atoms with Gasteiger partial charge in [0.2, 0.25) is 5.95 Å². The van der Waals surface area contributed by atoms with Crippen LogP contribution in [0.15, 0.2) is 109 Å². The Morgan fingerprint density at radius 2 is 1.36 bits per heavy atom. The Morgan fingerprint density at radius 1 is 0.840 bits per heavy atom. The first-order chi connectivity index (χ1) is 24.0. The number of methoxy groups -OCH3 is 1. The molecule has 0 radical (unpaired) electrons. The SMILES string of the molecule is CN1C2CCC1CC(OC(c1ccccc1)c1ccccc1)C2.COC(=O)Nc1nc2ccc(C(=O)c3ccccc3)cc2[nH]1.O=S(=O)(O)O.